The summed E-state index contributed by atoms with van der Waals surface area (Å²) in [6.07, 6.45) is 3.40. The fourth-order valence-electron chi connectivity index (χ4n) is 1.19. The van der Waals surface area contributed by atoms with Crippen LogP contribution in [0.1, 0.15) is 13.8 Å². The molecular formula is C12H17N3O2S2. The lowest BCUT2D eigenvalue weighted by molar-refractivity contribution is -0.134. The number of carbonyl (C=O) groups excluding carboxylic acids is 1. The first kappa shape index (κ1) is 15.8. The molecule has 0 fully saturated rings. The SMILES string of the molecule is COC(=O)/C=C(\C)C(C)Sc1nc(N)cc(SC)n1. The van der Waals surface area contributed by atoms with E-state index in [1.54, 1.807) is 6.07 Å². The van der Waals surface area contributed by atoms with Crippen LogP contribution in [-0.2, 0) is 9.53 Å². The third kappa shape index (κ3) is 5.12. The van der Waals surface area contributed by atoms with Gasteiger partial charge in [-0.05, 0) is 20.1 Å². The van der Waals surface area contributed by atoms with Crippen molar-refractivity contribution in [2.75, 3.05) is 19.1 Å². The van der Waals surface area contributed by atoms with Gasteiger partial charge in [0.25, 0.3) is 0 Å². The zero-order valence-corrected chi connectivity index (χ0v) is 13.0. The van der Waals surface area contributed by atoms with Crippen LogP contribution in [-0.4, -0.2) is 34.6 Å². The maximum atomic E-state index is 11.2. The molecule has 2 N–H and O–H groups in total. The lowest BCUT2D eigenvalue weighted by Gasteiger charge is -2.11. The Kier molecular flexibility index (Phi) is 6.17. The molecule has 1 rings (SSSR count). The average molecular weight is 299 g/mol. The highest BCUT2D eigenvalue weighted by Crippen LogP contribution is 2.27. The van der Waals surface area contributed by atoms with Gasteiger partial charge in [-0.15, -0.1) is 11.8 Å². The number of rotatable bonds is 5. The monoisotopic (exact) mass is 299 g/mol. The van der Waals surface area contributed by atoms with E-state index in [9.17, 15) is 4.79 Å². The third-order valence-corrected chi connectivity index (χ3v) is 4.13. The molecule has 1 heterocycles. The lowest BCUT2D eigenvalue weighted by atomic mass is 10.2. The maximum absolute atomic E-state index is 11.2. The Morgan fingerprint density at radius 2 is 2.21 bits per heavy atom. The molecule has 7 heteroatoms. The number of nitrogens with two attached hydrogens (primary N) is 1. The summed E-state index contributed by atoms with van der Waals surface area (Å²) in [4.78, 5) is 19.7. The minimum absolute atomic E-state index is 0.0654. The molecule has 1 aromatic rings. The molecule has 1 atom stereocenters. The van der Waals surface area contributed by atoms with Gasteiger partial charge in [-0.1, -0.05) is 17.3 Å². The first-order chi connectivity index (χ1) is 8.96. The van der Waals surface area contributed by atoms with Gasteiger partial charge in [0.2, 0.25) is 0 Å². The van der Waals surface area contributed by atoms with Crippen LogP contribution in [0.5, 0.6) is 0 Å². The second-order valence-corrected chi connectivity index (χ2v) is 5.92. The molecule has 0 aliphatic heterocycles. The summed E-state index contributed by atoms with van der Waals surface area (Å²) in [6, 6.07) is 1.73. The summed E-state index contributed by atoms with van der Waals surface area (Å²) in [5, 5.41) is 1.50. The standard InChI is InChI=1S/C12H17N3O2S2/c1-7(5-11(16)17-3)8(2)19-12-14-9(13)6-10(15-12)18-4/h5-6,8H,1-4H3,(H2,13,14,15)/b7-5+. The van der Waals surface area contributed by atoms with E-state index in [4.69, 9.17) is 5.73 Å². The van der Waals surface area contributed by atoms with E-state index in [0.717, 1.165) is 10.6 Å². The zero-order valence-electron chi connectivity index (χ0n) is 11.3. The first-order valence-electron chi connectivity index (χ1n) is 5.57. The molecule has 0 spiro atoms. The van der Waals surface area contributed by atoms with Crippen LogP contribution in [0.15, 0.2) is 27.9 Å². The van der Waals surface area contributed by atoms with Gasteiger partial charge >= 0.3 is 5.97 Å². The molecule has 104 valence electrons. The maximum Gasteiger partial charge on any atom is 0.330 e. The molecule has 0 aliphatic carbocycles. The van der Waals surface area contributed by atoms with E-state index < -0.39 is 0 Å². The van der Waals surface area contributed by atoms with Gasteiger partial charge in [-0.2, -0.15) is 0 Å². The molecule has 1 unspecified atom stereocenters. The van der Waals surface area contributed by atoms with Crippen molar-refractivity contribution < 1.29 is 9.53 Å². The van der Waals surface area contributed by atoms with Crippen LogP contribution in [0.4, 0.5) is 5.82 Å². The number of carbonyl (C=O) groups is 1. The highest BCUT2D eigenvalue weighted by Gasteiger charge is 2.12. The molecule has 0 saturated heterocycles. The van der Waals surface area contributed by atoms with E-state index in [0.29, 0.717) is 11.0 Å². The Hall–Kier alpha value is -1.21. The number of ether oxygens (including phenoxy) is 1. The topological polar surface area (TPSA) is 78.1 Å². The van der Waals surface area contributed by atoms with E-state index in [1.807, 2.05) is 20.1 Å². The summed E-state index contributed by atoms with van der Waals surface area (Å²) in [5.74, 6) is 0.0897. The number of nitrogens with zero attached hydrogens (tertiary/aromatic N) is 2. The molecule has 0 radical (unpaired) electrons. The largest absolute Gasteiger partial charge is 0.466 e. The second kappa shape index (κ2) is 7.40. The number of hydrogen-bond donors (Lipinski definition) is 1. The lowest BCUT2D eigenvalue weighted by Crippen LogP contribution is -2.05. The minimum Gasteiger partial charge on any atom is -0.466 e. The van der Waals surface area contributed by atoms with Crippen molar-refractivity contribution in [2.45, 2.75) is 29.3 Å². The van der Waals surface area contributed by atoms with Crippen LogP contribution in [0.25, 0.3) is 0 Å². The molecular weight excluding hydrogens is 282 g/mol. The molecule has 1 aromatic heterocycles. The van der Waals surface area contributed by atoms with E-state index >= 15 is 0 Å². The molecule has 0 aromatic carbocycles. The molecule has 0 saturated carbocycles. The number of esters is 1. The van der Waals surface area contributed by atoms with Crippen LogP contribution in [0, 0.1) is 0 Å². The Labute approximate surface area is 121 Å². The number of nitrogen functional groups attached to an aromatic ring is 1. The van der Waals surface area contributed by atoms with Gasteiger partial charge in [0.15, 0.2) is 5.16 Å². The summed E-state index contributed by atoms with van der Waals surface area (Å²) in [6.45, 7) is 3.85. The van der Waals surface area contributed by atoms with Gasteiger partial charge in [0, 0.05) is 17.4 Å². The zero-order chi connectivity index (χ0) is 14.4. The highest BCUT2D eigenvalue weighted by atomic mass is 32.2. The Morgan fingerprint density at radius 3 is 2.79 bits per heavy atom. The minimum atomic E-state index is -0.358. The quantitative estimate of drug-likeness (QED) is 0.294. The van der Waals surface area contributed by atoms with Crippen molar-refractivity contribution in [3.05, 3.63) is 17.7 Å². The summed E-state index contributed by atoms with van der Waals surface area (Å²) in [5.41, 5.74) is 6.62. The molecule has 0 bridgehead atoms. The summed E-state index contributed by atoms with van der Waals surface area (Å²) in [7, 11) is 1.36. The number of hydrogen-bond acceptors (Lipinski definition) is 7. The van der Waals surface area contributed by atoms with Gasteiger partial charge in [-0.3, -0.25) is 0 Å². The van der Waals surface area contributed by atoms with Crippen molar-refractivity contribution >= 4 is 35.3 Å². The number of thioether (sulfide) groups is 2. The van der Waals surface area contributed by atoms with E-state index in [1.165, 1.54) is 36.7 Å². The predicted molar refractivity (Wildman–Crippen MR) is 79.3 cm³/mol. The summed E-state index contributed by atoms with van der Waals surface area (Å²) < 4.78 is 4.60. The van der Waals surface area contributed by atoms with E-state index in [2.05, 4.69) is 14.7 Å². The third-order valence-electron chi connectivity index (χ3n) is 2.38. The van der Waals surface area contributed by atoms with Crippen LogP contribution < -0.4 is 5.73 Å². The number of anilines is 1. The Balaban J connectivity index is 2.81. The van der Waals surface area contributed by atoms with Crippen molar-refractivity contribution in [2.24, 2.45) is 0 Å². The fourth-order valence-corrected chi connectivity index (χ4v) is 2.54. The molecule has 19 heavy (non-hydrogen) atoms. The van der Waals surface area contributed by atoms with Crippen molar-refractivity contribution in [1.82, 2.24) is 9.97 Å². The first-order valence-corrected chi connectivity index (χ1v) is 7.68. The number of methoxy groups -OCH3 is 1. The highest BCUT2D eigenvalue weighted by molar-refractivity contribution is 8.00. The fraction of sp³-hybridized carbons (Fsp3) is 0.417. The van der Waals surface area contributed by atoms with Crippen molar-refractivity contribution in [1.29, 1.82) is 0 Å². The second-order valence-electron chi connectivity index (χ2n) is 3.79. The van der Waals surface area contributed by atoms with Gasteiger partial charge in [0.05, 0.1) is 7.11 Å². The van der Waals surface area contributed by atoms with Gasteiger partial charge in [-0.25, -0.2) is 14.8 Å². The van der Waals surface area contributed by atoms with Crippen LogP contribution in [0.3, 0.4) is 0 Å². The molecule has 0 amide bonds. The Morgan fingerprint density at radius 1 is 1.53 bits per heavy atom. The van der Waals surface area contributed by atoms with Crippen LogP contribution >= 0.6 is 23.5 Å². The van der Waals surface area contributed by atoms with E-state index in [-0.39, 0.29) is 11.2 Å². The van der Waals surface area contributed by atoms with Crippen LogP contribution in [0.2, 0.25) is 0 Å². The predicted octanol–water partition coefficient (Wildman–Crippen LogP) is 2.38. The molecule has 5 nitrogen and oxygen atoms in total. The smallest absolute Gasteiger partial charge is 0.330 e. The Bertz CT molecular complexity index is 492. The molecule has 0 aliphatic rings. The average Bonchev–Trinajstić information content (AvgIpc) is 2.37. The summed E-state index contributed by atoms with van der Waals surface area (Å²) >= 11 is 2.97. The van der Waals surface area contributed by atoms with Gasteiger partial charge < -0.3 is 10.5 Å². The van der Waals surface area contributed by atoms with Crippen molar-refractivity contribution in [3.8, 4) is 0 Å². The van der Waals surface area contributed by atoms with Gasteiger partial charge in [0.1, 0.15) is 10.8 Å². The number of aromatic nitrogens is 2. The van der Waals surface area contributed by atoms with Crippen molar-refractivity contribution in [3.63, 3.8) is 0 Å². The normalized spacial score (nSPS) is 13.2.